The molecule has 2 aromatic rings. The first-order valence-electron chi connectivity index (χ1n) is 7.30. The van der Waals surface area contributed by atoms with Crippen LogP contribution in [-0.4, -0.2) is 20.9 Å². The highest BCUT2D eigenvalue weighted by atomic mass is 32.1. The number of carboxylic acid groups (broad SMARTS) is 1. The zero-order valence-electron chi connectivity index (χ0n) is 11.9. The molecule has 0 aromatic carbocycles. The largest absolute Gasteiger partial charge is 0.477 e. The van der Waals surface area contributed by atoms with Crippen molar-refractivity contribution in [2.24, 2.45) is 5.92 Å². The third-order valence-corrected chi connectivity index (χ3v) is 5.06. The van der Waals surface area contributed by atoms with E-state index in [0.717, 1.165) is 35.2 Å². The van der Waals surface area contributed by atoms with Crippen molar-refractivity contribution < 1.29 is 9.90 Å². The molecule has 0 bridgehead atoms. The van der Waals surface area contributed by atoms with Crippen LogP contribution in [0.1, 0.15) is 60.9 Å². The van der Waals surface area contributed by atoms with E-state index in [0.29, 0.717) is 16.8 Å². The van der Waals surface area contributed by atoms with E-state index in [9.17, 15) is 9.90 Å². The fourth-order valence-electron chi connectivity index (χ4n) is 3.03. The van der Waals surface area contributed by atoms with Gasteiger partial charge in [0.05, 0.1) is 11.7 Å². The summed E-state index contributed by atoms with van der Waals surface area (Å²) in [6.45, 7) is 4.34. The normalized spacial score (nSPS) is 16.6. The predicted octanol–water partition coefficient (Wildman–Crippen LogP) is 4.11. The second-order valence-electron chi connectivity index (χ2n) is 6.06. The van der Waals surface area contributed by atoms with Crippen LogP contribution in [-0.2, 0) is 6.42 Å². The maximum atomic E-state index is 11.2. The van der Waals surface area contributed by atoms with Gasteiger partial charge in [-0.25, -0.2) is 4.79 Å². The molecule has 0 amide bonds. The molecule has 2 aromatic heterocycles. The summed E-state index contributed by atoms with van der Waals surface area (Å²) in [5, 5.41) is 15.1. The quantitative estimate of drug-likeness (QED) is 0.922. The van der Waals surface area contributed by atoms with E-state index < -0.39 is 5.97 Å². The van der Waals surface area contributed by atoms with Gasteiger partial charge in [0, 0.05) is 5.39 Å². The van der Waals surface area contributed by atoms with Crippen LogP contribution < -0.4 is 0 Å². The highest BCUT2D eigenvalue weighted by Crippen LogP contribution is 2.36. The Balaban J connectivity index is 2.10. The lowest BCUT2D eigenvalue weighted by molar-refractivity contribution is 0.0702. The summed E-state index contributed by atoms with van der Waals surface area (Å²) in [7, 11) is 0. The lowest BCUT2D eigenvalue weighted by Gasteiger charge is -2.10. The van der Waals surface area contributed by atoms with Crippen LogP contribution in [0.2, 0.25) is 0 Å². The van der Waals surface area contributed by atoms with Gasteiger partial charge in [0.25, 0.3) is 0 Å². The average molecular weight is 292 g/mol. The number of thiophene rings is 1. The lowest BCUT2D eigenvalue weighted by Crippen LogP contribution is -2.07. The van der Waals surface area contributed by atoms with Crippen LogP contribution in [0.3, 0.4) is 0 Å². The fourth-order valence-corrected chi connectivity index (χ4v) is 4.07. The van der Waals surface area contributed by atoms with Gasteiger partial charge in [-0.2, -0.15) is 5.10 Å². The van der Waals surface area contributed by atoms with Gasteiger partial charge in [0.2, 0.25) is 0 Å². The van der Waals surface area contributed by atoms with Crippen LogP contribution >= 0.6 is 11.3 Å². The predicted molar refractivity (Wildman–Crippen MR) is 80.6 cm³/mol. The number of hydrogen-bond acceptors (Lipinski definition) is 3. The Labute approximate surface area is 122 Å². The molecule has 1 saturated carbocycles. The molecule has 108 valence electrons. The van der Waals surface area contributed by atoms with E-state index in [2.05, 4.69) is 18.5 Å². The molecule has 2 heterocycles. The highest BCUT2D eigenvalue weighted by molar-refractivity contribution is 7.20. The zero-order chi connectivity index (χ0) is 14.3. The zero-order valence-corrected chi connectivity index (χ0v) is 12.7. The summed E-state index contributed by atoms with van der Waals surface area (Å²) < 4.78 is 2.11. The molecule has 0 unspecified atom stereocenters. The molecule has 1 N–H and O–H groups in total. The summed E-state index contributed by atoms with van der Waals surface area (Å²) in [6.07, 6.45) is 5.74. The van der Waals surface area contributed by atoms with Crippen molar-refractivity contribution in [2.75, 3.05) is 0 Å². The van der Waals surface area contributed by atoms with Gasteiger partial charge in [0.1, 0.15) is 9.71 Å². The first-order chi connectivity index (χ1) is 9.56. The maximum absolute atomic E-state index is 11.2. The SMILES string of the molecule is CC(C)Cc1nn(C2CCCC2)c2sc(C(=O)O)cc12. The summed E-state index contributed by atoms with van der Waals surface area (Å²) in [6, 6.07) is 2.26. The number of aromatic nitrogens is 2. The standard InChI is InChI=1S/C15H20N2O2S/c1-9(2)7-12-11-8-13(15(18)19)20-14(11)17(16-12)10-5-3-4-6-10/h8-10H,3-7H2,1-2H3,(H,18,19). The van der Waals surface area contributed by atoms with Gasteiger partial charge >= 0.3 is 5.97 Å². The van der Waals surface area contributed by atoms with E-state index in [4.69, 9.17) is 5.10 Å². The van der Waals surface area contributed by atoms with Crippen molar-refractivity contribution >= 4 is 27.5 Å². The molecule has 0 saturated heterocycles. The van der Waals surface area contributed by atoms with Gasteiger partial charge < -0.3 is 5.11 Å². The highest BCUT2D eigenvalue weighted by Gasteiger charge is 2.24. The van der Waals surface area contributed by atoms with Crippen molar-refractivity contribution in [3.8, 4) is 0 Å². The molecule has 20 heavy (non-hydrogen) atoms. The second kappa shape index (κ2) is 5.20. The third-order valence-electron chi connectivity index (χ3n) is 3.94. The number of nitrogens with zero attached hydrogens (tertiary/aromatic N) is 2. The summed E-state index contributed by atoms with van der Waals surface area (Å²) in [4.78, 5) is 12.7. The number of hydrogen-bond donors (Lipinski definition) is 1. The Morgan fingerprint density at radius 2 is 2.20 bits per heavy atom. The molecule has 3 rings (SSSR count). The summed E-state index contributed by atoms with van der Waals surface area (Å²) in [5.74, 6) is -0.307. The van der Waals surface area contributed by atoms with Crippen molar-refractivity contribution in [3.63, 3.8) is 0 Å². The summed E-state index contributed by atoms with van der Waals surface area (Å²) in [5.41, 5.74) is 1.06. The Morgan fingerprint density at radius 3 is 2.80 bits per heavy atom. The van der Waals surface area contributed by atoms with Gasteiger partial charge in [0.15, 0.2) is 0 Å². The Kier molecular flexibility index (Phi) is 3.54. The molecule has 0 spiro atoms. The van der Waals surface area contributed by atoms with Crippen LogP contribution in [0.4, 0.5) is 0 Å². The van der Waals surface area contributed by atoms with Crippen LogP contribution in [0, 0.1) is 5.92 Å². The van der Waals surface area contributed by atoms with Crippen molar-refractivity contribution in [2.45, 2.75) is 52.0 Å². The van der Waals surface area contributed by atoms with E-state index in [-0.39, 0.29) is 0 Å². The topological polar surface area (TPSA) is 55.1 Å². The van der Waals surface area contributed by atoms with Crippen molar-refractivity contribution in [3.05, 3.63) is 16.6 Å². The molecule has 1 fully saturated rings. The molecule has 0 radical (unpaired) electrons. The Hall–Kier alpha value is -1.36. The molecule has 4 nitrogen and oxygen atoms in total. The van der Waals surface area contributed by atoms with Crippen LogP contribution in [0.25, 0.3) is 10.2 Å². The lowest BCUT2D eigenvalue weighted by atomic mass is 10.1. The van der Waals surface area contributed by atoms with Crippen LogP contribution in [0.15, 0.2) is 6.07 Å². The number of aromatic carboxylic acids is 1. The molecular formula is C15H20N2O2S. The minimum atomic E-state index is -0.834. The van der Waals surface area contributed by atoms with E-state index in [1.807, 2.05) is 0 Å². The molecule has 1 aliphatic carbocycles. The minimum absolute atomic E-state index is 0.425. The first-order valence-corrected chi connectivity index (χ1v) is 8.12. The molecular weight excluding hydrogens is 272 g/mol. The minimum Gasteiger partial charge on any atom is -0.477 e. The Bertz CT molecular complexity index is 636. The monoisotopic (exact) mass is 292 g/mol. The summed E-state index contributed by atoms with van der Waals surface area (Å²) >= 11 is 1.37. The van der Waals surface area contributed by atoms with Gasteiger partial charge in [-0.15, -0.1) is 11.3 Å². The Morgan fingerprint density at radius 1 is 1.50 bits per heavy atom. The first kappa shape index (κ1) is 13.6. The number of carbonyl (C=O) groups is 1. The maximum Gasteiger partial charge on any atom is 0.345 e. The van der Waals surface area contributed by atoms with E-state index in [1.165, 1.54) is 24.2 Å². The van der Waals surface area contributed by atoms with Crippen LogP contribution in [0.5, 0.6) is 0 Å². The third kappa shape index (κ3) is 2.35. The molecule has 5 heteroatoms. The molecule has 1 aliphatic rings. The van der Waals surface area contributed by atoms with Crippen molar-refractivity contribution in [1.82, 2.24) is 9.78 Å². The fraction of sp³-hybridized carbons (Fsp3) is 0.600. The number of carboxylic acids is 1. The second-order valence-corrected chi connectivity index (χ2v) is 7.09. The smallest absolute Gasteiger partial charge is 0.345 e. The van der Waals surface area contributed by atoms with E-state index in [1.54, 1.807) is 6.07 Å². The van der Waals surface area contributed by atoms with Gasteiger partial charge in [-0.1, -0.05) is 26.7 Å². The van der Waals surface area contributed by atoms with Crippen molar-refractivity contribution in [1.29, 1.82) is 0 Å². The van der Waals surface area contributed by atoms with Gasteiger partial charge in [-0.3, -0.25) is 4.68 Å². The average Bonchev–Trinajstić information content (AvgIpc) is 3.05. The van der Waals surface area contributed by atoms with Gasteiger partial charge in [-0.05, 0) is 31.2 Å². The number of rotatable bonds is 4. The molecule has 0 atom stereocenters. The van der Waals surface area contributed by atoms with E-state index >= 15 is 0 Å². The molecule has 0 aliphatic heterocycles. The number of fused-ring (bicyclic) bond motifs is 1.